The molecule has 0 saturated heterocycles. The van der Waals surface area contributed by atoms with Gasteiger partial charge in [0.1, 0.15) is 17.7 Å². The maximum absolute atomic E-state index is 13.6. The molecule has 7 nitrogen and oxygen atoms in total. The molecule has 0 fully saturated rings. The predicted molar refractivity (Wildman–Crippen MR) is 126 cm³/mol. The second-order valence-corrected chi connectivity index (χ2v) is 8.73. The molecule has 2 heterocycles. The van der Waals surface area contributed by atoms with Crippen molar-refractivity contribution in [2.75, 3.05) is 32.0 Å². The number of unbranched alkanes of at least 4 members (excludes halogenated alkanes) is 1. The highest BCUT2D eigenvalue weighted by Crippen LogP contribution is 2.21. The summed E-state index contributed by atoms with van der Waals surface area (Å²) in [5, 5.41) is 15.0. The van der Waals surface area contributed by atoms with Crippen LogP contribution in [0.1, 0.15) is 47.3 Å². The molecular formula is C24H30ClFN4O3. The summed E-state index contributed by atoms with van der Waals surface area (Å²) < 4.78 is 13.6. The summed E-state index contributed by atoms with van der Waals surface area (Å²) >= 11 is 5.83. The summed E-state index contributed by atoms with van der Waals surface area (Å²) in [7, 11) is 1.92. The molecule has 1 amide bonds. The number of pyridine rings is 1. The normalized spacial score (nSPS) is 13.8. The molecule has 0 spiro atoms. The molecule has 1 aliphatic rings. The van der Waals surface area contributed by atoms with Crippen LogP contribution in [0.2, 0.25) is 5.02 Å². The maximum atomic E-state index is 13.6. The minimum Gasteiger partial charge on any atom is -0.480 e. The van der Waals surface area contributed by atoms with Crippen molar-refractivity contribution in [2.24, 2.45) is 0 Å². The lowest BCUT2D eigenvalue weighted by molar-refractivity contribution is -0.139. The Morgan fingerprint density at radius 1 is 1.27 bits per heavy atom. The van der Waals surface area contributed by atoms with Crippen LogP contribution in [0.4, 0.5) is 10.2 Å². The van der Waals surface area contributed by atoms with E-state index in [2.05, 4.69) is 22.8 Å². The third-order valence-electron chi connectivity index (χ3n) is 5.77. The fraction of sp³-hybridized carbons (Fsp3) is 0.458. The van der Waals surface area contributed by atoms with Gasteiger partial charge in [-0.1, -0.05) is 23.7 Å². The number of fused-ring (bicyclic) bond motifs is 1. The van der Waals surface area contributed by atoms with Crippen molar-refractivity contribution in [1.82, 2.24) is 15.2 Å². The molecule has 9 heteroatoms. The second-order valence-electron chi connectivity index (χ2n) is 8.36. The molecule has 3 N–H and O–H groups in total. The van der Waals surface area contributed by atoms with Crippen molar-refractivity contribution in [3.05, 3.63) is 58.0 Å². The Balaban J connectivity index is 1.40. The van der Waals surface area contributed by atoms with Crippen molar-refractivity contribution in [1.29, 1.82) is 0 Å². The fourth-order valence-electron chi connectivity index (χ4n) is 3.83. The van der Waals surface area contributed by atoms with Gasteiger partial charge < -0.3 is 20.6 Å². The topological polar surface area (TPSA) is 94.6 Å². The van der Waals surface area contributed by atoms with Gasteiger partial charge in [-0.15, -0.1) is 0 Å². The van der Waals surface area contributed by atoms with Crippen LogP contribution in [0.3, 0.4) is 0 Å². The Hall–Kier alpha value is -2.71. The number of amides is 1. The Morgan fingerprint density at radius 3 is 2.88 bits per heavy atom. The van der Waals surface area contributed by atoms with Gasteiger partial charge in [-0.2, -0.15) is 0 Å². The highest BCUT2D eigenvalue weighted by Gasteiger charge is 2.23. The van der Waals surface area contributed by atoms with E-state index in [9.17, 15) is 19.1 Å². The minimum atomic E-state index is -1.14. The number of benzene rings is 1. The molecule has 1 aromatic heterocycles. The number of nitrogens with one attached hydrogen (secondary N) is 2. The van der Waals surface area contributed by atoms with E-state index in [1.54, 1.807) is 0 Å². The molecule has 178 valence electrons. The fourth-order valence-corrected chi connectivity index (χ4v) is 4.04. The van der Waals surface area contributed by atoms with Gasteiger partial charge in [-0.25, -0.2) is 14.2 Å². The van der Waals surface area contributed by atoms with E-state index >= 15 is 0 Å². The number of aliphatic carboxylic acids is 1. The highest BCUT2D eigenvalue weighted by molar-refractivity contribution is 6.34. The SMILES string of the molecule is CN(CCCCc1ccc2c(n1)NCCC2)CC[C@H](NC(=O)c1cccc(F)c1Cl)C(=O)O. The first-order chi connectivity index (χ1) is 15.8. The standard InChI is InChI=1S/C24H30ClFN4O3/c1-30(14-3-2-7-17-11-10-16-6-5-13-27-22(16)28-17)15-12-20(24(32)33)29-23(31)18-8-4-9-19(26)21(18)25/h4,8-11,20H,2-3,5-7,12-15H2,1H3,(H,27,28)(H,29,31)(H,32,33)/t20-/m0/s1. The molecule has 0 bridgehead atoms. The molecule has 1 aliphatic heterocycles. The van der Waals surface area contributed by atoms with Crippen LogP contribution in [0.15, 0.2) is 30.3 Å². The number of carbonyl (C=O) groups is 2. The lowest BCUT2D eigenvalue weighted by Crippen LogP contribution is -2.43. The zero-order valence-corrected chi connectivity index (χ0v) is 19.5. The molecule has 1 atom stereocenters. The maximum Gasteiger partial charge on any atom is 0.326 e. The number of halogens is 2. The highest BCUT2D eigenvalue weighted by atomic mass is 35.5. The summed E-state index contributed by atoms with van der Waals surface area (Å²) in [4.78, 5) is 30.7. The Bertz CT molecular complexity index is 988. The summed E-state index contributed by atoms with van der Waals surface area (Å²) in [5.41, 5.74) is 2.28. The van der Waals surface area contributed by atoms with E-state index < -0.39 is 23.7 Å². The van der Waals surface area contributed by atoms with E-state index in [-0.39, 0.29) is 17.0 Å². The first-order valence-electron chi connectivity index (χ1n) is 11.2. The number of aryl methyl sites for hydroxylation is 2. The average Bonchev–Trinajstić information content (AvgIpc) is 2.80. The molecule has 3 rings (SSSR count). The quantitative estimate of drug-likeness (QED) is 0.427. The predicted octanol–water partition coefficient (Wildman–Crippen LogP) is 3.76. The molecule has 1 aromatic carbocycles. The first kappa shape index (κ1) is 24.9. The second kappa shape index (κ2) is 12.0. The summed E-state index contributed by atoms with van der Waals surface area (Å²) in [6.45, 7) is 2.27. The van der Waals surface area contributed by atoms with Crippen molar-refractivity contribution < 1.29 is 19.1 Å². The number of carboxylic acid groups (broad SMARTS) is 1. The van der Waals surface area contributed by atoms with Gasteiger partial charge in [0, 0.05) is 18.8 Å². The minimum absolute atomic E-state index is 0.0812. The van der Waals surface area contributed by atoms with Crippen LogP contribution >= 0.6 is 11.6 Å². The van der Waals surface area contributed by atoms with Gasteiger partial charge >= 0.3 is 5.97 Å². The molecule has 0 saturated carbocycles. The van der Waals surface area contributed by atoms with Gasteiger partial charge in [-0.3, -0.25) is 4.79 Å². The summed E-state index contributed by atoms with van der Waals surface area (Å²) in [5.74, 6) is -1.56. The molecule has 0 aliphatic carbocycles. The number of hydrogen-bond donors (Lipinski definition) is 3. The Labute approximate surface area is 198 Å². The summed E-state index contributed by atoms with van der Waals surface area (Å²) in [6.07, 6.45) is 5.27. The smallest absolute Gasteiger partial charge is 0.326 e. The van der Waals surface area contributed by atoms with Gasteiger partial charge in [-0.05, 0) is 75.9 Å². The van der Waals surface area contributed by atoms with Crippen LogP contribution in [0.25, 0.3) is 0 Å². The van der Waals surface area contributed by atoms with Crippen LogP contribution in [-0.4, -0.2) is 59.6 Å². The van der Waals surface area contributed by atoms with Crippen LogP contribution in [0, 0.1) is 5.82 Å². The number of nitrogens with zero attached hydrogens (tertiary/aromatic N) is 2. The van der Waals surface area contributed by atoms with Crippen LogP contribution in [-0.2, 0) is 17.6 Å². The number of aromatic nitrogens is 1. The molecule has 0 radical (unpaired) electrons. The monoisotopic (exact) mass is 476 g/mol. The lowest BCUT2D eigenvalue weighted by Gasteiger charge is -2.20. The zero-order chi connectivity index (χ0) is 23.8. The van der Waals surface area contributed by atoms with Crippen molar-refractivity contribution in [2.45, 2.75) is 44.6 Å². The van der Waals surface area contributed by atoms with E-state index in [0.717, 1.165) is 62.8 Å². The number of carboxylic acids is 1. The van der Waals surface area contributed by atoms with Crippen molar-refractivity contribution in [3.63, 3.8) is 0 Å². The van der Waals surface area contributed by atoms with Crippen molar-refractivity contribution >= 4 is 29.3 Å². The van der Waals surface area contributed by atoms with Gasteiger partial charge in [0.15, 0.2) is 0 Å². The molecule has 2 aromatic rings. The van der Waals surface area contributed by atoms with E-state index in [0.29, 0.717) is 6.54 Å². The number of rotatable bonds is 11. The first-order valence-corrected chi connectivity index (χ1v) is 11.6. The largest absolute Gasteiger partial charge is 0.480 e. The number of hydrogen-bond acceptors (Lipinski definition) is 5. The van der Waals surface area contributed by atoms with Crippen LogP contribution in [0.5, 0.6) is 0 Å². The van der Waals surface area contributed by atoms with E-state index in [1.165, 1.54) is 17.7 Å². The van der Waals surface area contributed by atoms with E-state index in [4.69, 9.17) is 16.6 Å². The third kappa shape index (κ3) is 7.14. The Morgan fingerprint density at radius 2 is 2.09 bits per heavy atom. The summed E-state index contributed by atoms with van der Waals surface area (Å²) in [6, 6.07) is 7.02. The van der Waals surface area contributed by atoms with Crippen LogP contribution < -0.4 is 10.6 Å². The number of carbonyl (C=O) groups excluding carboxylic acids is 1. The average molecular weight is 477 g/mol. The third-order valence-corrected chi connectivity index (χ3v) is 6.16. The molecular weight excluding hydrogens is 447 g/mol. The zero-order valence-electron chi connectivity index (χ0n) is 18.7. The van der Waals surface area contributed by atoms with E-state index in [1.807, 2.05) is 11.9 Å². The van der Waals surface area contributed by atoms with Gasteiger partial charge in [0.05, 0.1) is 10.6 Å². The Kier molecular flexibility index (Phi) is 9.03. The van der Waals surface area contributed by atoms with Gasteiger partial charge in [0.2, 0.25) is 0 Å². The lowest BCUT2D eigenvalue weighted by atomic mass is 10.1. The van der Waals surface area contributed by atoms with Crippen molar-refractivity contribution in [3.8, 4) is 0 Å². The number of anilines is 1. The molecule has 33 heavy (non-hydrogen) atoms. The van der Waals surface area contributed by atoms with Gasteiger partial charge in [0.25, 0.3) is 5.91 Å². The molecule has 0 unspecified atom stereocenters.